The minimum absolute atomic E-state index is 0.547. The van der Waals surface area contributed by atoms with E-state index in [9.17, 15) is 0 Å². The molecule has 1 aromatic carbocycles. The van der Waals surface area contributed by atoms with Crippen molar-refractivity contribution in [1.82, 2.24) is 4.90 Å². The predicted molar refractivity (Wildman–Crippen MR) is 65.1 cm³/mol. The highest BCUT2D eigenvalue weighted by Gasteiger charge is 2.16. The van der Waals surface area contributed by atoms with E-state index < -0.39 is 0 Å². The standard InChI is InChI=1S/C14H18N2/c1-11(2)13-4-3-12-5-7-16(8-6-15)10-14(12)9-13/h3-4,9,11H,5,7-8,10H2,1-2H3. The van der Waals surface area contributed by atoms with Crippen LogP contribution >= 0.6 is 0 Å². The van der Waals surface area contributed by atoms with E-state index in [4.69, 9.17) is 5.26 Å². The molecule has 0 fully saturated rings. The molecule has 0 saturated carbocycles. The summed E-state index contributed by atoms with van der Waals surface area (Å²) in [6, 6.07) is 9.04. The second-order valence-corrected chi connectivity index (χ2v) is 4.80. The lowest BCUT2D eigenvalue weighted by atomic mass is 9.93. The molecule has 1 heterocycles. The van der Waals surface area contributed by atoms with Crippen LogP contribution in [-0.2, 0) is 13.0 Å². The number of nitrogens with zero attached hydrogens (tertiary/aromatic N) is 2. The van der Waals surface area contributed by atoms with E-state index in [0.717, 1.165) is 19.5 Å². The Hall–Kier alpha value is -1.33. The van der Waals surface area contributed by atoms with E-state index in [1.54, 1.807) is 0 Å². The van der Waals surface area contributed by atoms with Crippen LogP contribution < -0.4 is 0 Å². The predicted octanol–water partition coefficient (Wildman–Crippen LogP) is 2.69. The first-order valence-corrected chi connectivity index (χ1v) is 5.91. The van der Waals surface area contributed by atoms with Gasteiger partial charge in [0.1, 0.15) is 0 Å². The van der Waals surface area contributed by atoms with Gasteiger partial charge in [0, 0.05) is 13.1 Å². The molecule has 0 radical (unpaired) electrons. The lowest BCUT2D eigenvalue weighted by Crippen LogP contribution is -2.30. The van der Waals surface area contributed by atoms with Gasteiger partial charge in [0.05, 0.1) is 12.6 Å². The summed E-state index contributed by atoms with van der Waals surface area (Å²) in [5.41, 5.74) is 4.27. The van der Waals surface area contributed by atoms with E-state index in [1.165, 1.54) is 16.7 Å². The first kappa shape index (κ1) is 11.2. The van der Waals surface area contributed by atoms with Gasteiger partial charge in [0.25, 0.3) is 0 Å². The van der Waals surface area contributed by atoms with Crippen molar-refractivity contribution in [2.75, 3.05) is 13.1 Å². The highest BCUT2D eigenvalue weighted by molar-refractivity contribution is 5.35. The molecule has 0 amide bonds. The Bertz CT molecular complexity index is 415. The van der Waals surface area contributed by atoms with Crippen LogP contribution in [0.2, 0.25) is 0 Å². The van der Waals surface area contributed by atoms with Crippen LogP contribution in [0.5, 0.6) is 0 Å². The van der Waals surface area contributed by atoms with Crippen molar-refractivity contribution in [2.45, 2.75) is 32.7 Å². The molecule has 2 nitrogen and oxygen atoms in total. The Labute approximate surface area is 97.5 Å². The van der Waals surface area contributed by atoms with E-state index in [0.29, 0.717) is 12.5 Å². The fourth-order valence-electron chi connectivity index (χ4n) is 2.23. The molecule has 2 heteroatoms. The van der Waals surface area contributed by atoms with Crippen LogP contribution in [0.3, 0.4) is 0 Å². The molecular formula is C14H18N2. The second-order valence-electron chi connectivity index (χ2n) is 4.80. The molecule has 0 atom stereocenters. The van der Waals surface area contributed by atoms with Gasteiger partial charge in [-0.05, 0) is 29.0 Å². The molecule has 0 unspecified atom stereocenters. The molecule has 0 bridgehead atoms. The molecule has 84 valence electrons. The molecule has 0 aliphatic carbocycles. The fourth-order valence-corrected chi connectivity index (χ4v) is 2.23. The topological polar surface area (TPSA) is 27.0 Å². The largest absolute Gasteiger partial charge is 0.286 e. The van der Waals surface area contributed by atoms with Crippen LogP contribution in [-0.4, -0.2) is 18.0 Å². The third-order valence-electron chi connectivity index (χ3n) is 3.28. The zero-order valence-electron chi connectivity index (χ0n) is 10.0. The van der Waals surface area contributed by atoms with Crippen LogP contribution in [0.15, 0.2) is 18.2 Å². The third kappa shape index (κ3) is 2.25. The smallest absolute Gasteiger partial charge is 0.0868 e. The Morgan fingerprint density at radius 2 is 2.19 bits per heavy atom. The van der Waals surface area contributed by atoms with Crippen LogP contribution in [0.25, 0.3) is 0 Å². The maximum atomic E-state index is 8.72. The Balaban J connectivity index is 2.22. The highest BCUT2D eigenvalue weighted by Crippen LogP contribution is 2.23. The van der Waals surface area contributed by atoms with E-state index >= 15 is 0 Å². The average Bonchev–Trinajstić information content (AvgIpc) is 2.28. The van der Waals surface area contributed by atoms with Crippen molar-refractivity contribution < 1.29 is 0 Å². The van der Waals surface area contributed by atoms with Crippen molar-refractivity contribution >= 4 is 0 Å². The minimum atomic E-state index is 0.547. The maximum Gasteiger partial charge on any atom is 0.0868 e. The Morgan fingerprint density at radius 1 is 1.38 bits per heavy atom. The van der Waals surface area contributed by atoms with Crippen molar-refractivity contribution in [3.63, 3.8) is 0 Å². The molecule has 0 saturated heterocycles. The summed E-state index contributed by atoms with van der Waals surface area (Å²) in [5, 5.41) is 8.72. The van der Waals surface area contributed by atoms with Crippen molar-refractivity contribution in [3.05, 3.63) is 34.9 Å². The van der Waals surface area contributed by atoms with Crippen LogP contribution in [0.4, 0.5) is 0 Å². The molecule has 16 heavy (non-hydrogen) atoms. The molecule has 1 aromatic rings. The summed E-state index contributed by atoms with van der Waals surface area (Å²) in [5.74, 6) is 0.580. The molecule has 0 spiro atoms. The summed E-state index contributed by atoms with van der Waals surface area (Å²) in [7, 11) is 0. The summed E-state index contributed by atoms with van der Waals surface area (Å²) < 4.78 is 0. The van der Waals surface area contributed by atoms with Gasteiger partial charge in [-0.1, -0.05) is 32.0 Å². The molecule has 1 aliphatic heterocycles. The maximum absolute atomic E-state index is 8.72. The zero-order valence-corrected chi connectivity index (χ0v) is 10.0. The number of hydrogen-bond donors (Lipinski definition) is 0. The molecule has 0 N–H and O–H groups in total. The number of nitriles is 1. The van der Waals surface area contributed by atoms with Gasteiger partial charge < -0.3 is 0 Å². The van der Waals surface area contributed by atoms with Gasteiger partial charge in [-0.25, -0.2) is 0 Å². The lowest BCUT2D eigenvalue weighted by Gasteiger charge is -2.27. The van der Waals surface area contributed by atoms with Crippen molar-refractivity contribution in [2.24, 2.45) is 0 Å². The second kappa shape index (κ2) is 4.67. The van der Waals surface area contributed by atoms with Crippen molar-refractivity contribution in [1.29, 1.82) is 5.26 Å². The van der Waals surface area contributed by atoms with E-state index in [-0.39, 0.29) is 0 Å². The summed E-state index contributed by atoms with van der Waals surface area (Å²) in [6.45, 7) is 6.94. The molecule has 2 rings (SSSR count). The normalized spacial score (nSPS) is 15.9. The SMILES string of the molecule is CC(C)c1ccc2c(c1)CN(CC#N)CC2. The van der Waals surface area contributed by atoms with Gasteiger partial charge in [0.2, 0.25) is 0 Å². The number of rotatable bonds is 2. The fraction of sp³-hybridized carbons (Fsp3) is 0.500. The summed E-state index contributed by atoms with van der Waals surface area (Å²) >= 11 is 0. The van der Waals surface area contributed by atoms with Crippen LogP contribution in [0.1, 0.15) is 36.5 Å². The zero-order chi connectivity index (χ0) is 11.5. The first-order chi connectivity index (χ1) is 7.70. The van der Waals surface area contributed by atoms with E-state index in [2.05, 4.69) is 43.0 Å². The monoisotopic (exact) mass is 214 g/mol. The first-order valence-electron chi connectivity index (χ1n) is 5.91. The number of fused-ring (bicyclic) bond motifs is 1. The van der Waals surface area contributed by atoms with Gasteiger partial charge >= 0.3 is 0 Å². The van der Waals surface area contributed by atoms with Gasteiger partial charge in [0.15, 0.2) is 0 Å². The molecular weight excluding hydrogens is 196 g/mol. The molecule has 1 aliphatic rings. The highest BCUT2D eigenvalue weighted by atomic mass is 15.1. The summed E-state index contributed by atoms with van der Waals surface area (Å²) in [4.78, 5) is 2.21. The quantitative estimate of drug-likeness (QED) is 0.708. The van der Waals surface area contributed by atoms with Crippen molar-refractivity contribution in [3.8, 4) is 6.07 Å². The third-order valence-corrected chi connectivity index (χ3v) is 3.28. The molecule has 0 aromatic heterocycles. The Morgan fingerprint density at radius 3 is 2.88 bits per heavy atom. The number of hydrogen-bond acceptors (Lipinski definition) is 2. The Kier molecular flexibility index (Phi) is 3.26. The van der Waals surface area contributed by atoms with Crippen LogP contribution in [0, 0.1) is 11.3 Å². The van der Waals surface area contributed by atoms with Gasteiger partial charge in [-0.2, -0.15) is 5.26 Å². The number of benzene rings is 1. The summed E-state index contributed by atoms with van der Waals surface area (Å²) in [6.07, 6.45) is 1.08. The van der Waals surface area contributed by atoms with Gasteiger partial charge in [-0.3, -0.25) is 4.90 Å². The van der Waals surface area contributed by atoms with E-state index in [1.807, 2.05) is 0 Å². The lowest BCUT2D eigenvalue weighted by molar-refractivity contribution is 0.285. The van der Waals surface area contributed by atoms with Gasteiger partial charge in [-0.15, -0.1) is 0 Å². The minimum Gasteiger partial charge on any atom is -0.286 e. The average molecular weight is 214 g/mol.